The van der Waals surface area contributed by atoms with Gasteiger partial charge in [0, 0.05) is 26.2 Å². The van der Waals surface area contributed by atoms with Crippen molar-refractivity contribution in [1.82, 2.24) is 21.0 Å². The van der Waals surface area contributed by atoms with Gasteiger partial charge in [0.25, 0.3) is 17.7 Å². The van der Waals surface area contributed by atoms with Gasteiger partial charge in [-0.3, -0.25) is 19.6 Å². The van der Waals surface area contributed by atoms with Crippen LogP contribution in [0.1, 0.15) is 34.0 Å². The largest absolute Gasteiger partial charge is 0.378 e. The van der Waals surface area contributed by atoms with Gasteiger partial charge in [-0.05, 0) is 35.7 Å². The molecule has 9 heteroatoms. The average Bonchev–Trinajstić information content (AvgIpc) is 2.85. The van der Waals surface area contributed by atoms with Crippen LogP contribution in [0.25, 0.3) is 12.2 Å². The van der Waals surface area contributed by atoms with Crippen molar-refractivity contribution in [1.29, 1.82) is 0 Å². The monoisotopic (exact) mass is 466 g/mol. The molecule has 1 aliphatic rings. The van der Waals surface area contributed by atoms with Crippen molar-refractivity contribution in [2.45, 2.75) is 25.0 Å². The number of carbonyl (C=O) groups excluding carboxylic acids is 3. The molecule has 4 N–H and O–H groups in total. The number of hydroxylamine groups is 1. The van der Waals surface area contributed by atoms with E-state index in [1.807, 2.05) is 24.3 Å². The van der Waals surface area contributed by atoms with Crippen molar-refractivity contribution in [3.05, 3.63) is 70.8 Å². The highest BCUT2D eigenvalue weighted by atomic mass is 16.5. The molecule has 0 bridgehead atoms. The third-order valence-electron chi connectivity index (χ3n) is 6.03. The molecule has 180 valence electrons. The summed E-state index contributed by atoms with van der Waals surface area (Å²) < 4.78 is 5.16. The van der Waals surface area contributed by atoms with Gasteiger partial charge < -0.3 is 20.3 Å². The molecule has 1 saturated heterocycles. The summed E-state index contributed by atoms with van der Waals surface area (Å²) in [4.78, 5) is 38.4. The van der Waals surface area contributed by atoms with Crippen molar-refractivity contribution in [2.75, 3.05) is 27.3 Å². The molecule has 1 fully saturated rings. The van der Waals surface area contributed by atoms with E-state index in [0.717, 1.165) is 35.8 Å². The lowest BCUT2D eigenvalue weighted by Gasteiger charge is -2.34. The molecule has 9 nitrogen and oxygen atoms in total. The average molecular weight is 467 g/mol. The normalized spacial score (nSPS) is 15.3. The highest BCUT2D eigenvalue weighted by Gasteiger charge is 2.47. The molecule has 0 spiro atoms. The Bertz CT molecular complexity index is 1030. The number of nitrogens with zero attached hydrogens (tertiary/aromatic N) is 1. The maximum atomic E-state index is 12.9. The van der Waals surface area contributed by atoms with Crippen molar-refractivity contribution in [3.63, 3.8) is 0 Å². The lowest BCUT2D eigenvalue weighted by molar-refractivity contribution is -0.148. The topological polar surface area (TPSA) is 120 Å². The number of carbonyl (C=O) groups is 3. The third-order valence-corrected chi connectivity index (χ3v) is 6.03. The molecule has 0 aliphatic carbocycles. The first-order chi connectivity index (χ1) is 16.3. The minimum absolute atomic E-state index is 0.300. The van der Waals surface area contributed by atoms with Gasteiger partial charge in [0.15, 0.2) is 5.54 Å². The fourth-order valence-corrected chi connectivity index (χ4v) is 3.45. The Labute approximate surface area is 198 Å². The molecule has 1 atom stereocenters. The summed E-state index contributed by atoms with van der Waals surface area (Å²) in [5.74, 6) is -2.28. The van der Waals surface area contributed by atoms with E-state index in [0.29, 0.717) is 11.6 Å². The molecule has 2 aromatic rings. The molecule has 2 aromatic carbocycles. The molecule has 34 heavy (non-hydrogen) atoms. The van der Waals surface area contributed by atoms with Gasteiger partial charge in [-0.1, -0.05) is 48.6 Å². The number of hydrogen-bond acceptors (Lipinski definition) is 6. The first kappa shape index (κ1) is 25.1. The zero-order valence-corrected chi connectivity index (χ0v) is 19.5. The number of nitrogens with one attached hydrogen (secondary N) is 3. The van der Waals surface area contributed by atoms with Crippen molar-refractivity contribution in [2.24, 2.45) is 0 Å². The fraction of sp³-hybridized carbons (Fsp3) is 0.320. The Morgan fingerprint density at radius 1 is 1.03 bits per heavy atom. The molecule has 3 amide bonds. The second kappa shape index (κ2) is 11.1. The molecule has 3 rings (SSSR count). The number of ether oxygens (including phenoxy) is 1. The quantitative estimate of drug-likeness (QED) is 0.192. The second-order valence-electron chi connectivity index (χ2n) is 8.27. The van der Waals surface area contributed by atoms with Crippen LogP contribution in [0.3, 0.4) is 0 Å². The first-order valence-corrected chi connectivity index (χ1v) is 10.9. The third kappa shape index (κ3) is 5.51. The molecular weight excluding hydrogens is 436 g/mol. The summed E-state index contributed by atoms with van der Waals surface area (Å²) in [7, 11) is 2.68. The zero-order valence-electron chi connectivity index (χ0n) is 19.5. The lowest BCUT2D eigenvalue weighted by Crippen LogP contribution is -2.64. The Kier molecular flexibility index (Phi) is 8.17. The van der Waals surface area contributed by atoms with Crippen LogP contribution in [0.15, 0.2) is 48.5 Å². The summed E-state index contributed by atoms with van der Waals surface area (Å²) in [5, 5.41) is 14.8. The molecule has 0 saturated carbocycles. The molecule has 0 aromatic heterocycles. The number of hydrogen-bond donors (Lipinski definition) is 4. The Morgan fingerprint density at radius 3 is 2.06 bits per heavy atom. The number of benzene rings is 2. The van der Waals surface area contributed by atoms with Crippen LogP contribution in [-0.4, -0.2) is 66.7 Å². The maximum absolute atomic E-state index is 12.9. The molecule has 1 aliphatic heterocycles. The van der Waals surface area contributed by atoms with Gasteiger partial charge in [-0.15, -0.1) is 0 Å². The van der Waals surface area contributed by atoms with Crippen LogP contribution in [0, 0.1) is 0 Å². The summed E-state index contributed by atoms with van der Waals surface area (Å²) in [6, 6.07) is 15.5. The van der Waals surface area contributed by atoms with E-state index in [-0.39, 0.29) is 0 Å². The fourth-order valence-electron chi connectivity index (χ4n) is 3.45. The summed E-state index contributed by atoms with van der Waals surface area (Å²) in [6.45, 7) is 3.61. The van der Waals surface area contributed by atoms with Gasteiger partial charge in [0.2, 0.25) is 0 Å². The van der Waals surface area contributed by atoms with Crippen LogP contribution in [-0.2, 0) is 20.9 Å². The molecule has 1 heterocycles. The molecule has 0 radical (unpaired) electrons. The van der Waals surface area contributed by atoms with Crippen LogP contribution in [0.2, 0.25) is 0 Å². The maximum Gasteiger partial charge on any atom is 0.278 e. The number of rotatable bonds is 9. The van der Waals surface area contributed by atoms with Gasteiger partial charge >= 0.3 is 0 Å². The highest BCUT2D eigenvalue weighted by molar-refractivity contribution is 6.12. The lowest BCUT2D eigenvalue weighted by atomic mass is 9.96. The van der Waals surface area contributed by atoms with Gasteiger partial charge in [-0.2, -0.15) is 0 Å². The molecule has 0 unspecified atom stereocenters. The smallest absolute Gasteiger partial charge is 0.278 e. The second-order valence-corrected chi connectivity index (χ2v) is 8.27. The van der Waals surface area contributed by atoms with Crippen molar-refractivity contribution >= 4 is 29.9 Å². The van der Waals surface area contributed by atoms with E-state index < -0.39 is 23.3 Å². The van der Waals surface area contributed by atoms with Gasteiger partial charge in [0.05, 0.1) is 19.3 Å². The predicted octanol–water partition coefficient (Wildman–Crippen LogP) is 1.43. The van der Waals surface area contributed by atoms with Crippen LogP contribution >= 0.6 is 0 Å². The predicted molar refractivity (Wildman–Crippen MR) is 128 cm³/mol. The Balaban J connectivity index is 1.64. The summed E-state index contributed by atoms with van der Waals surface area (Å²) in [6.07, 6.45) is 3.92. The van der Waals surface area contributed by atoms with E-state index >= 15 is 0 Å². The van der Waals surface area contributed by atoms with Crippen LogP contribution in [0.5, 0.6) is 0 Å². The number of likely N-dealkylation sites (N-methyl/N-ethyl adjacent to an activating group) is 2. The van der Waals surface area contributed by atoms with Crippen molar-refractivity contribution in [3.8, 4) is 0 Å². The van der Waals surface area contributed by atoms with Gasteiger partial charge in [0.1, 0.15) is 0 Å². The SMILES string of the molecule is CNC(=O)[C@@](C)(C(=O)NO)N(C)C(=O)c1ccc(/C=C/c2ccc(CNC3COC3)cc2)cc1. The minimum atomic E-state index is -1.92. The van der Waals surface area contributed by atoms with E-state index in [4.69, 9.17) is 9.94 Å². The summed E-state index contributed by atoms with van der Waals surface area (Å²) in [5.41, 5.74) is 2.97. The number of amides is 3. The highest BCUT2D eigenvalue weighted by Crippen LogP contribution is 2.19. The van der Waals surface area contributed by atoms with Crippen LogP contribution < -0.4 is 16.1 Å². The zero-order chi connectivity index (χ0) is 24.7. The molecular formula is C25H30N4O5. The Hall–Kier alpha value is -3.53. The van der Waals surface area contributed by atoms with E-state index in [2.05, 4.69) is 22.8 Å². The van der Waals surface area contributed by atoms with E-state index in [1.165, 1.54) is 32.1 Å². The van der Waals surface area contributed by atoms with Crippen molar-refractivity contribution < 1.29 is 24.3 Å². The first-order valence-electron chi connectivity index (χ1n) is 10.9. The Morgan fingerprint density at radius 2 is 1.59 bits per heavy atom. The van der Waals surface area contributed by atoms with Crippen LogP contribution in [0.4, 0.5) is 0 Å². The minimum Gasteiger partial charge on any atom is -0.378 e. The van der Waals surface area contributed by atoms with E-state index in [9.17, 15) is 14.4 Å². The van der Waals surface area contributed by atoms with Gasteiger partial charge in [-0.25, -0.2) is 5.48 Å². The summed E-state index contributed by atoms with van der Waals surface area (Å²) >= 11 is 0. The van der Waals surface area contributed by atoms with E-state index in [1.54, 1.807) is 24.3 Å². The standard InChI is InChI=1S/C25H30N4O5/c1-25(23(31)26-2,24(32)28-33)29(3)22(30)20-12-10-18(11-13-20)5-4-17-6-8-19(9-7-17)14-27-21-15-34-16-21/h4-13,21,27,33H,14-16H2,1-3H3,(H,26,31)(H,28,32)/b5-4+/t25-/m0/s1.